The standard InChI is InChI=1S/C7H11NS2/c1-3-5-8(6-4-2)7(9)10/h3-4H,1-2,5-6H2,(H,9,10)/p-1. The van der Waals surface area contributed by atoms with Crippen LogP contribution in [0.1, 0.15) is 0 Å². The van der Waals surface area contributed by atoms with E-state index in [4.69, 9.17) is 24.8 Å². The SMILES string of the molecule is C=CCN(CC=C)C(=S)[S-]. The van der Waals surface area contributed by atoms with Crippen LogP contribution in [0.2, 0.25) is 0 Å². The van der Waals surface area contributed by atoms with Gasteiger partial charge in [-0.3, -0.25) is 0 Å². The van der Waals surface area contributed by atoms with Gasteiger partial charge in [-0.1, -0.05) is 16.5 Å². The Morgan fingerprint density at radius 2 is 1.80 bits per heavy atom. The molecule has 0 saturated carbocycles. The zero-order valence-corrected chi connectivity index (χ0v) is 7.38. The lowest BCUT2D eigenvalue weighted by Crippen LogP contribution is -2.27. The van der Waals surface area contributed by atoms with Crippen molar-refractivity contribution in [2.45, 2.75) is 0 Å². The molecule has 0 spiro atoms. The first kappa shape index (κ1) is 9.59. The molecule has 56 valence electrons. The molecule has 0 aromatic carbocycles. The molecule has 0 aromatic heterocycles. The topological polar surface area (TPSA) is 3.24 Å². The Morgan fingerprint density at radius 1 is 1.40 bits per heavy atom. The van der Waals surface area contributed by atoms with Crippen LogP contribution in [0.3, 0.4) is 0 Å². The van der Waals surface area contributed by atoms with Gasteiger partial charge in [0.25, 0.3) is 0 Å². The first-order chi connectivity index (χ1) is 4.72. The molecule has 3 heteroatoms. The Bertz CT molecular complexity index is 133. The molecule has 0 fully saturated rings. The van der Waals surface area contributed by atoms with Crippen LogP contribution in [0.5, 0.6) is 0 Å². The molecule has 0 aliphatic heterocycles. The molecule has 0 saturated heterocycles. The van der Waals surface area contributed by atoms with Crippen molar-refractivity contribution in [1.82, 2.24) is 4.90 Å². The molecule has 0 rings (SSSR count). The van der Waals surface area contributed by atoms with Crippen LogP contribution in [0.15, 0.2) is 25.3 Å². The minimum atomic E-state index is 0.472. The average Bonchev–Trinajstić information content (AvgIpc) is 1.87. The van der Waals surface area contributed by atoms with E-state index in [1.807, 2.05) is 4.90 Å². The second-order valence-electron chi connectivity index (χ2n) is 1.75. The first-order valence-corrected chi connectivity index (χ1v) is 3.71. The second-order valence-corrected chi connectivity index (χ2v) is 2.78. The summed E-state index contributed by atoms with van der Waals surface area (Å²) in [6.07, 6.45) is 3.53. The zero-order valence-electron chi connectivity index (χ0n) is 5.75. The molecule has 0 bridgehead atoms. The van der Waals surface area contributed by atoms with Crippen molar-refractivity contribution >= 4 is 29.2 Å². The van der Waals surface area contributed by atoms with Gasteiger partial charge in [0.2, 0.25) is 0 Å². The first-order valence-electron chi connectivity index (χ1n) is 2.90. The Morgan fingerprint density at radius 3 is 2.00 bits per heavy atom. The summed E-state index contributed by atoms with van der Waals surface area (Å²) in [6, 6.07) is 0. The predicted octanol–water partition coefficient (Wildman–Crippen LogP) is 1.49. The number of hydrogen-bond acceptors (Lipinski definition) is 2. The van der Waals surface area contributed by atoms with Gasteiger partial charge in [-0.25, -0.2) is 0 Å². The molecule has 0 heterocycles. The van der Waals surface area contributed by atoms with Crippen molar-refractivity contribution in [3.05, 3.63) is 25.3 Å². The molecule has 0 radical (unpaired) electrons. The van der Waals surface area contributed by atoms with Crippen molar-refractivity contribution in [2.24, 2.45) is 0 Å². The number of rotatable bonds is 4. The maximum Gasteiger partial charge on any atom is 0.0344 e. The molecule has 0 unspecified atom stereocenters. The van der Waals surface area contributed by atoms with E-state index >= 15 is 0 Å². The highest BCUT2D eigenvalue weighted by molar-refractivity contribution is 8.00. The molecule has 0 aliphatic rings. The summed E-state index contributed by atoms with van der Waals surface area (Å²) in [7, 11) is 0. The highest BCUT2D eigenvalue weighted by Gasteiger charge is 1.92. The fraction of sp³-hybridized carbons (Fsp3) is 0.286. The van der Waals surface area contributed by atoms with E-state index in [0.717, 1.165) is 0 Å². The van der Waals surface area contributed by atoms with Crippen molar-refractivity contribution < 1.29 is 0 Å². The van der Waals surface area contributed by atoms with E-state index < -0.39 is 0 Å². The van der Waals surface area contributed by atoms with E-state index in [1.165, 1.54) is 0 Å². The third-order valence-electron chi connectivity index (χ3n) is 0.957. The van der Waals surface area contributed by atoms with E-state index in [2.05, 4.69) is 13.2 Å². The number of nitrogens with zero attached hydrogens (tertiary/aromatic N) is 1. The van der Waals surface area contributed by atoms with E-state index in [0.29, 0.717) is 17.4 Å². The lowest BCUT2D eigenvalue weighted by atomic mass is 10.5. The third kappa shape index (κ3) is 3.58. The average molecular weight is 172 g/mol. The molecule has 0 amide bonds. The van der Waals surface area contributed by atoms with Crippen LogP contribution in [0, 0.1) is 0 Å². The van der Waals surface area contributed by atoms with Crippen LogP contribution in [-0.4, -0.2) is 22.3 Å². The van der Waals surface area contributed by atoms with Crippen LogP contribution < -0.4 is 0 Å². The summed E-state index contributed by atoms with van der Waals surface area (Å²) in [5.41, 5.74) is 0. The zero-order chi connectivity index (χ0) is 7.98. The molecule has 0 aliphatic carbocycles. The highest BCUT2D eigenvalue weighted by Crippen LogP contribution is 1.90. The van der Waals surface area contributed by atoms with Gasteiger partial charge in [0.1, 0.15) is 0 Å². The smallest absolute Gasteiger partial charge is 0.0344 e. The minimum Gasteiger partial charge on any atom is -0.411 e. The summed E-state index contributed by atoms with van der Waals surface area (Å²) in [6.45, 7) is 8.57. The molecule has 0 N–H and O–H groups in total. The predicted molar refractivity (Wildman–Crippen MR) is 51.9 cm³/mol. The Balaban J connectivity index is 3.83. The Hall–Kier alpha value is -0.410. The van der Waals surface area contributed by atoms with Crippen LogP contribution in [0.4, 0.5) is 0 Å². The maximum absolute atomic E-state index is 4.79. The normalized spacial score (nSPS) is 8.40. The van der Waals surface area contributed by atoms with E-state index in [1.54, 1.807) is 12.2 Å². The van der Waals surface area contributed by atoms with E-state index in [9.17, 15) is 0 Å². The summed E-state index contributed by atoms with van der Waals surface area (Å²) >= 11 is 9.59. The van der Waals surface area contributed by atoms with Crippen molar-refractivity contribution in [3.63, 3.8) is 0 Å². The van der Waals surface area contributed by atoms with Gasteiger partial charge in [0.05, 0.1) is 0 Å². The van der Waals surface area contributed by atoms with Gasteiger partial charge in [0.15, 0.2) is 0 Å². The van der Waals surface area contributed by atoms with Gasteiger partial charge in [-0.15, -0.1) is 13.2 Å². The van der Waals surface area contributed by atoms with Crippen molar-refractivity contribution in [2.75, 3.05) is 13.1 Å². The fourth-order valence-electron chi connectivity index (χ4n) is 0.535. The fourth-order valence-corrected chi connectivity index (χ4v) is 0.833. The summed E-state index contributed by atoms with van der Waals surface area (Å²) in [4.78, 5) is 1.84. The molecule has 0 aromatic rings. The van der Waals surface area contributed by atoms with Crippen molar-refractivity contribution in [1.29, 1.82) is 0 Å². The van der Waals surface area contributed by atoms with Crippen molar-refractivity contribution in [3.8, 4) is 0 Å². The lowest BCUT2D eigenvalue weighted by molar-refractivity contribution is 0.533. The monoisotopic (exact) mass is 172 g/mol. The largest absolute Gasteiger partial charge is 0.411 e. The van der Waals surface area contributed by atoms with Gasteiger partial charge in [-0.2, -0.15) is 0 Å². The molecule has 1 nitrogen and oxygen atoms in total. The summed E-state index contributed by atoms with van der Waals surface area (Å²) < 4.78 is 0.472. The van der Waals surface area contributed by atoms with Gasteiger partial charge < -0.3 is 29.7 Å². The van der Waals surface area contributed by atoms with Gasteiger partial charge in [0, 0.05) is 13.1 Å². The quantitative estimate of drug-likeness (QED) is 0.359. The van der Waals surface area contributed by atoms with Crippen LogP contribution in [0.25, 0.3) is 0 Å². The highest BCUT2D eigenvalue weighted by atomic mass is 32.1. The van der Waals surface area contributed by atoms with Crippen LogP contribution in [-0.2, 0) is 12.6 Å². The minimum absolute atomic E-state index is 0.472. The third-order valence-corrected chi connectivity index (χ3v) is 1.47. The summed E-state index contributed by atoms with van der Waals surface area (Å²) in [5, 5.41) is 0. The molecule has 10 heavy (non-hydrogen) atoms. The summed E-state index contributed by atoms with van der Waals surface area (Å²) in [5.74, 6) is 0. The molecular formula is C7H10NS2-. The molecule has 0 atom stereocenters. The number of hydrogen-bond donors (Lipinski definition) is 0. The molecular weight excluding hydrogens is 162 g/mol. The maximum atomic E-state index is 4.79. The van der Waals surface area contributed by atoms with E-state index in [-0.39, 0.29) is 0 Å². The number of thiocarbonyl (C=S) groups is 1. The van der Waals surface area contributed by atoms with Crippen LogP contribution >= 0.6 is 12.2 Å². The van der Waals surface area contributed by atoms with Gasteiger partial charge in [-0.05, 0) is 0 Å². The van der Waals surface area contributed by atoms with Gasteiger partial charge >= 0.3 is 0 Å². The Labute approximate surface area is 72.8 Å². The second kappa shape index (κ2) is 5.38. The lowest BCUT2D eigenvalue weighted by Gasteiger charge is -2.25. The Kier molecular flexibility index (Phi) is 5.16.